The van der Waals surface area contributed by atoms with Crippen molar-refractivity contribution in [3.05, 3.63) is 24.3 Å². The molecule has 102 valence electrons. The van der Waals surface area contributed by atoms with Gasteiger partial charge in [-0.2, -0.15) is 0 Å². The molecular weight excluding hydrogens is 244 g/mol. The zero-order valence-electron chi connectivity index (χ0n) is 11.6. The summed E-state index contributed by atoms with van der Waals surface area (Å²) in [6, 6.07) is 6.66. The quantitative estimate of drug-likeness (QED) is 0.785. The van der Waals surface area contributed by atoms with Crippen LogP contribution in [0.25, 0.3) is 0 Å². The largest absolute Gasteiger partial charge is 0.497 e. The number of urea groups is 1. The molecule has 1 aliphatic rings. The number of hydrogen-bond acceptors (Lipinski definition) is 3. The van der Waals surface area contributed by atoms with E-state index in [9.17, 15) is 9.59 Å². The van der Waals surface area contributed by atoms with Crippen LogP contribution >= 0.6 is 0 Å². The molecule has 0 saturated carbocycles. The molecule has 0 aromatic heterocycles. The molecule has 1 heterocycles. The first-order chi connectivity index (χ1) is 8.93. The zero-order valence-corrected chi connectivity index (χ0v) is 11.6. The highest BCUT2D eigenvalue weighted by Gasteiger charge is 2.51. The van der Waals surface area contributed by atoms with Crippen LogP contribution in [0.4, 0.5) is 10.5 Å². The van der Waals surface area contributed by atoms with Crippen molar-refractivity contribution in [3.8, 4) is 5.75 Å². The normalized spacial score (nSPS) is 18.1. The molecule has 1 aromatic carbocycles. The smallest absolute Gasteiger partial charge is 0.332 e. The predicted octanol–water partition coefficient (Wildman–Crippen LogP) is 2.26. The summed E-state index contributed by atoms with van der Waals surface area (Å²) in [5.74, 6) is 0.401. The van der Waals surface area contributed by atoms with Crippen molar-refractivity contribution in [2.45, 2.75) is 26.3 Å². The van der Waals surface area contributed by atoms with E-state index in [1.165, 1.54) is 4.90 Å². The summed E-state index contributed by atoms with van der Waals surface area (Å²) in [6.45, 7) is 5.88. The topological polar surface area (TPSA) is 49.9 Å². The van der Waals surface area contributed by atoms with E-state index in [-0.39, 0.29) is 11.9 Å². The fraction of sp³-hybridized carbons (Fsp3) is 0.429. The molecule has 0 unspecified atom stereocenters. The Kier molecular flexibility index (Phi) is 3.22. The van der Waals surface area contributed by atoms with Crippen LogP contribution in [0.5, 0.6) is 5.75 Å². The van der Waals surface area contributed by atoms with Gasteiger partial charge in [-0.05, 0) is 32.9 Å². The average Bonchev–Trinajstić information content (AvgIpc) is 2.56. The molecule has 1 aromatic rings. The van der Waals surface area contributed by atoms with Crippen molar-refractivity contribution in [3.63, 3.8) is 0 Å². The van der Waals surface area contributed by atoms with E-state index in [0.717, 1.165) is 0 Å². The Hall–Kier alpha value is -2.04. The minimum Gasteiger partial charge on any atom is -0.497 e. The summed E-state index contributed by atoms with van der Waals surface area (Å²) in [4.78, 5) is 27.6. The van der Waals surface area contributed by atoms with Gasteiger partial charge in [0.2, 0.25) is 0 Å². The van der Waals surface area contributed by atoms with Gasteiger partial charge in [-0.25, -0.2) is 9.69 Å². The molecule has 1 aliphatic heterocycles. The number of hydrogen-bond donors (Lipinski definition) is 0. The monoisotopic (exact) mass is 262 g/mol. The highest BCUT2D eigenvalue weighted by Crippen LogP contribution is 2.32. The van der Waals surface area contributed by atoms with Crippen LogP contribution in [0.2, 0.25) is 0 Å². The molecule has 0 spiro atoms. The first kappa shape index (κ1) is 13.4. The lowest BCUT2D eigenvalue weighted by molar-refractivity contribution is -0.123. The SMILES string of the molecule is CCN1C(=O)N(c2cccc(OC)c2)C(=O)C1(C)C. The van der Waals surface area contributed by atoms with Gasteiger partial charge in [0.25, 0.3) is 5.91 Å². The highest BCUT2D eigenvalue weighted by atomic mass is 16.5. The third-order valence-electron chi connectivity index (χ3n) is 3.45. The molecule has 2 rings (SSSR count). The maximum Gasteiger partial charge on any atom is 0.332 e. The second kappa shape index (κ2) is 4.57. The second-order valence-corrected chi connectivity index (χ2v) is 4.93. The van der Waals surface area contributed by atoms with Gasteiger partial charge in [-0.1, -0.05) is 6.07 Å². The standard InChI is InChI=1S/C14H18N2O3/c1-5-15-13(18)16(12(17)14(15,2)3)10-7-6-8-11(9-10)19-4/h6-9H,5H2,1-4H3. The van der Waals surface area contributed by atoms with Crippen LogP contribution in [0.3, 0.4) is 0 Å². The van der Waals surface area contributed by atoms with Crippen LogP contribution in [0.15, 0.2) is 24.3 Å². The van der Waals surface area contributed by atoms with Crippen LogP contribution < -0.4 is 9.64 Å². The number of likely N-dealkylation sites (N-methyl/N-ethyl adjacent to an activating group) is 1. The second-order valence-electron chi connectivity index (χ2n) is 4.93. The molecule has 0 N–H and O–H groups in total. The number of amides is 3. The molecule has 5 heteroatoms. The summed E-state index contributed by atoms with van der Waals surface area (Å²) in [7, 11) is 1.55. The van der Waals surface area contributed by atoms with Crippen molar-refractivity contribution < 1.29 is 14.3 Å². The lowest BCUT2D eigenvalue weighted by Gasteiger charge is -2.25. The maximum atomic E-state index is 12.4. The highest BCUT2D eigenvalue weighted by molar-refractivity contribution is 6.23. The number of methoxy groups -OCH3 is 1. The van der Waals surface area contributed by atoms with Crippen molar-refractivity contribution in [1.82, 2.24) is 4.90 Å². The van der Waals surface area contributed by atoms with Gasteiger partial charge in [0.05, 0.1) is 12.8 Å². The number of ether oxygens (including phenoxy) is 1. The lowest BCUT2D eigenvalue weighted by atomic mass is 10.0. The molecule has 3 amide bonds. The van der Waals surface area contributed by atoms with E-state index in [1.54, 1.807) is 50.1 Å². The van der Waals surface area contributed by atoms with E-state index < -0.39 is 5.54 Å². The fourth-order valence-corrected chi connectivity index (χ4v) is 2.34. The Morgan fingerprint density at radius 2 is 1.95 bits per heavy atom. The van der Waals surface area contributed by atoms with E-state index in [2.05, 4.69) is 0 Å². The number of nitrogens with zero attached hydrogens (tertiary/aromatic N) is 2. The van der Waals surface area contributed by atoms with Crippen LogP contribution in [0, 0.1) is 0 Å². The Bertz CT molecular complexity index is 525. The van der Waals surface area contributed by atoms with Crippen LogP contribution in [-0.2, 0) is 4.79 Å². The first-order valence-corrected chi connectivity index (χ1v) is 6.23. The molecule has 0 aliphatic carbocycles. The van der Waals surface area contributed by atoms with Gasteiger partial charge in [-0.3, -0.25) is 4.79 Å². The fourth-order valence-electron chi connectivity index (χ4n) is 2.34. The van der Waals surface area contributed by atoms with Gasteiger partial charge < -0.3 is 9.64 Å². The first-order valence-electron chi connectivity index (χ1n) is 6.23. The molecule has 0 bridgehead atoms. The van der Waals surface area contributed by atoms with Crippen molar-refractivity contribution in [1.29, 1.82) is 0 Å². The Morgan fingerprint density at radius 1 is 1.26 bits per heavy atom. The number of rotatable bonds is 3. The van der Waals surface area contributed by atoms with Gasteiger partial charge in [-0.15, -0.1) is 0 Å². The van der Waals surface area contributed by atoms with E-state index in [4.69, 9.17) is 4.74 Å². The minimum absolute atomic E-state index is 0.215. The summed E-state index contributed by atoms with van der Waals surface area (Å²) < 4.78 is 5.13. The third kappa shape index (κ3) is 1.95. The molecule has 0 radical (unpaired) electrons. The number of carbonyl (C=O) groups is 2. The lowest BCUT2D eigenvalue weighted by Crippen LogP contribution is -2.43. The average molecular weight is 262 g/mol. The molecular formula is C14H18N2O3. The van der Waals surface area contributed by atoms with Crippen LogP contribution in [0.1, 0.15) is 20.8 Å². The number of anilines is 1. The number of imide groups is 1. The van der Waals surface area contributed by atoms with Crippen molar-refractivity contribution in [2.75, 3.05) is 18.6 Å². The Morgan fingerprint density at radius 3 is 2.47 bits per heavy atom. The van der Waals surface area contributed by atoms with Crippen molar-refractivity contribution in [2.24, 2.45) is 0 Å². The molecule has 19 heavy (non-hydrogen) atoms. The predicted molar refractivity (Wildman–Crippen MR) is 72.3 cm³/mol. The number of carbonyl (C=O) groups excluding carboxylic acids is 2. The van der Waals surface area contributed by atoms with E-state index in [0.29, 0.717) is 18.0 Å². The summed E-state index contributed by atoms with van der Waals surface area (Å²) in [6.07, 6.45) is 0. The van der Waals surface area contributed by atoms with E-state index in [1.807, 2.05) is 6.92 Å². The van der Waals surface area contributed by atoms with Gasteiger partial charge in [0.15, 0.2) is 0 Å². The molecule has 1 saturated heterocycles. The maximum absolute atomic E-state index is 12.4. The van der Waals surface area contributed by atoms with Crippen LogP contribution in [-0.4, -0.2) is 36.0 Å². The Balaban J connectivity index is 2.45. The summed E-state index contributed by atoms with van der Waals surface area (Å²) in [5, 5.41) is 0. The molecule has 1 fully saturated rings. The van der Waals surface area contributed by atoms with Crippen molar-refractivity contribution >= 4 is 17.6 Å². The number of benzene rings is 1. The molecule has 0 atom stereocenters. The zero-order chi connectivity index (χ0) is 14.2. The summed E-state index contributed by atoms with van der Waals surface area (Å²) >= 11 is 0. The molecule has 5 nitrogen and oxygen atoms in total. The third-order valence-corrected chi connectivity index (χ3v) is 3.45. The summed E-state index contributed by atoms with van der Waals surface area (Å²) in [5.41, 5.74) is -0.270. The van der Waals surface area contributed by atoms with Gasteiger partial charge in [0, 0.05) is 12.6 Å². The van der Waals surface area contributed by atoms with Gasteiger partial charge >= 0.3 is 6.03 Å². The Labute approximate surface area is 112 Å². The minimum atomic E-state index is -0.811. The van der Waals surface area contributed by atoms with E-state index >= 15 is 0 Å². The van der Waals surface area contributed by atoms with Gasteiger partial charge in [0.1, 0.15) is 11.3 Å².